The van der Waals surface area contributed by atoms with Gasteiger partial charge in [-0.25, -0.2) is 0 Å². The van der Waals surface area contributed by atoms with Crippen LogP contribution in [0.2, 0.25) is 5.02 Å². The van der Waals surface area contributed by atoms with Crippen molar-refractivity contribution in [2.75, 3.05) is 20.6 Å². The molecule has 22 heavy (non-hydrogen) atoms. The van der Waals surface area contributed by atoms with E-state index in [4.69, 9.17) is 17.3 Å². The second-order valence-corrected chi connectivity index (χ2v) is 5.80. The Balaban J connectivity index is 0. The summed E-state index contributed by atoms with van der Waals surface area (Å²) in [6.45, 7) is 4.18. The van der Waals surface area contributed by atoms with Crippen molar-refractivity contribution in [3.05, 3.63) is 34.9 Å². The minimum absolute atomic E-state index is 0. The highest BCUT2D eigenvalue weighted by Crippen LogP contribution is 2.25. The fourth-order valence-corrected chi connectivity index (χ4v) is 2.17. The molecule has 0 radical (unpaired) electrons. The van der Waals surface area contributed by atoms with Crippen molar-refractivity contribution in [2.45, 2.75) is 25.9 Å². The van der Waals surface area contributed by atoms with Gasteiger partial charge in [-0.1, -0.05) is 36.7 Å². The summed E-state index contributed by atoms with van der Waals surface area (Å²) >= 11 is 6.23. The zero-order chi connectivity index (χ0) is 15.3. The molecule has 0 aliphatic heterocycles. The average molecular weight is 371 g/mol. The van der Waals surface area contributed by atoms with Crippen LogP contribution in [0.3, 0.4) is 0 Å². The number of nitrogens with two attached hydrogens (primary N) is 1. The van der Waals surface area contributed by atoms with Crippen LogP contribution in [-0.4, -0.2) is 37.5 Å². The Morgan fingerprint density at radius 1 is 1.27 bits per heavy atom. The molecule has 3 atom stereocenters. The highest BCUT2D eigenvalue weighted by Gasteiger charge is 2.21. The van der Waals surface area contributed by atoms with E-state index >= 15 is 0 Å². The molecule has 0 saturated heterocycles. The van der Waals surface area contributed by atoms with Crippen LogP contribution in [0.15, 0.2) is 24.3 Å². The molecule has 1 aromatic rings. The van der Waals surface area contributed by atoms with Crippen LogP contribution < -0.4 is 11.1 Å². The number of nitrogens with zero attached hydrogens (tertiary/aromatic N) is 1. The van der Waals surface area contributed by atoms with Crippen LogP contribution in [0.1, 0.15) is 25.5 Å². The van der Waals surface area contributed by atoms with E-state index in [2.05, 4.69) is 5.32 Å². The lowest BCUT2D eigenvalue weighted by Gasteiger charge is -2.27. The third-order valence-electron chi connectivity index (χ3n) is 3.56. The summed E-state index contributed by atoms with van der Waals surface area (Å²) < 4.78 is 0. The van der Waals surface area contributed by atoms with Gasteiger partial charge in [-0.15, -0.1) is 24.8 Å². The normalized spacial score (nSPS) is 14.3. The molecule has 7 heteroatoms. The SMILES string of the molecule is CC(N)C(C)C(=O)NCC(c1ccccc1Cl)N(C)C.Cl.Cl. The number of benzene rings is 1. The van der Waals surface area contributed by atoms with Crippen molar-refractivity contribution in [1.29, 1.82) is 0 Å². The standard InChI is InChI=1S/C15H24ClN3O.2ClH/c1-10(11(2)17)15(20)18-9-14(19(3)4)12-7-5-6-8-13(12)16;;/h5-8,10-11,14H,9,17H2,1-4H3,(H,18,20);2*1H. The van der Waals surface area contributed by atoms with Crippen LogP contribution >= 0.6 is 36.4 Å². The van der Waals surface area contributed by atoms with Gasteiger partial charge in [0.15, 0.2) is 0 Å². The predicted octanol–water partition coefficient (Wildman–Crippen LogP) is 2.89. The second-order valence-electron chi connectivity index (χ2n) is 5.39. The van der Waals surface area contributed by atoms with Crippen molar-refractivity contribution in [3.8, 4) is 0 Å². The molecule has 1 aromatic carbocycles. The van der Waals surface area contributed by atoms with Gasteiger partial charge in [-0.05, 0) is 32.6 Å². The summed E-state index contributed by atoms with van der Waals surface area (Å²) in [6.07, 6.45) is 0. The zero-order valence-corrected chi connectivity index (χ0v) is 15.8. The summed E-state index contributed by atoms with van der Waals surface area (Å²) in [5.41, 5.74) is 6.75. The molecule has 4 nitrogen and oxygen atoms in total. The molecule has 0 saturated carbocycles. The van der Waals surface area contributed by atoms with Gasteiger partial charge < -0.3 is 16.0 Å². The summed E-state index contributed by atoms with van der Waals surface area (Å²) in [6, 6.07) is 7.56. The third kappa shape index (κ3) is 6.71. The number of hydrogen-bond acceptors (Lipinski definition) is 3. The number of hydrogen-bond donors (Lipinski definition) is 2. The number of carbonyl (C=O) groups excluding carboxylic acids is 1. The topological polar surface area (TPSA) is 58.4 Å². The lowest BCUT2D eigenvalue weighted by atomic mass is 10.0. The molecule has 128 valence electrons. The lowest BCUT2D eigenvalue weighted by Crippen LogP contribution is -2.42. The Morgan fingerprint density at radius 3 is 2.27 bits per heavy atom. The summed E-state index contributed by atoms with van der Waals surface area (Å²) in [4.78, 5) is 14.0. The lowest BCUT2D eigenvalue weighted by molar-refractivity contribution is -0.125. The van der Waals surface area contributed by atoms with Gasteiger partial charge in [0.2, 0.25) is 5.91 Å². The van der Waals surface area contributed by atoms with Crippen LogP contribution in [-0.2, 0) is 4.79 Å². The summed E-state index contributed by atoms with van der Waals surface area (Å²) in [7, 11) is 3.93. The van der Waals surface area contributed by atoms with E-state index in [1.165, 1.54) is 0 Å². The second kappa shape index (κ2) is 11.1. The van der Waals surface area contributed by atoms with E-state index in [1.54, 1.807) is 0 Å². The van der Waals surface area contributed by atoms with Gasteiger partial charge in [-0.3, -0.25) is 4.79 Å². The highest BCUT2D eigenvalue weighted by molar-refractivity contribution is 6.31. The fourth-order valence-electron chi connectivity index (χ4n) is 1.91. The fraction of sp³-hybridized carbons (Fsp3) is 0.533. The van der Waals surface area contributed by atoms with Crippen molar-refractivity contribution in [3.63, 3.8) is 0 Å². The van der Waals surface area contributed by atoms with Gasteiger partial charge in [0, 0.05) is 23.5 Å². The molecule has 0 aliphatic rings. The van der Waals surface area contributed by atoms with E-state index in [0.717, 1.165) is 5.56 Å². The predicted molar refractivity (Wildman–Crippen MR) is 98.2 cm³/mol. The van der Waals surface area contributed by atoms with Crippen molar-refractivity contribution in [2.24, 2.45) is 11.7 Å². The summed E-state index contributed by atoms with van der Waals surface area (Å²) in [5, 5.41) is 3.66. The molecule has 3 unspecified atom stereocenters. The van der Waals surface area contributed by atoms with E-state index < -0.39 is 0 Å². The minimum Gasteiger partial charge on any atom is -0.354 e. The first kappa shape index (κ1) is 23.7. The smallest absolute Gasteiger partial charge is 0.224 e. The zero-order valence-electron chi connectivity index (χ0n) is 13.4. The highest BCUT2D eigenvalue weighted by atomic mass is 35.5. The molecule has 0 spiro atoms. The quantitative estimate of drug-likeness (QED) is 0.809. The van der Waals surface area contributed by atoms with Crippen molar-refractivity contribution >= 4 is 42.3 Å². The molecule has 3 N–H and O–H groups in total. The van der Waals surface area contributed by atoms with E-state index in [1.807, 2.05) is 57.1 Å². The summed E-state index contributed by atoms with van der Waals surface area (Å²) in [5.74, 6) is -0.233. The number of carbonyl (C=O) groups is 1. The average Bonchev–Trinajstić information content (AvgIpc) is 2.39. The number of rotatable bonds is 6. The van der Waals surface area contributed by atoms with Gasteiger partial charge in [-0.2, -0.15) is 0 Å². The molecular weight excluding hydrogens is 345 g/mol. The molecule has 1 amide bonds. The maximum absolute atomic E-state index is 12.0. The van der Waals surface area contributed by atoms with Gasteiger partial charge in [0.25, 0.3) is 0 Å². The first-order valence-electron chi connectivity index (χ1n) is 6.78. The van der Waals surface area contributed by atoms with E-state index in [-0.39, 0.29) is 48.7 Å². The Kier molecular flexibility index (Phi) is 12.0. The molecule has 0 aromatic heterocycles. The molecular formula is C15H26Cl3N3O. The first-order chi connectivity index (χ1) is 9.34. The van der Waals surface area contributed by atoms with Crippen LogP contribution in [0, 0.1) is 5.92 Å². The van der Waals surface area contributed by atoms with Crippen molar-refractivity contribution < 1.29 is 4.79 Å². The molecule has 0 aliphatic carbocycles. The van der Waals surface area contributed by atoms with E-state index in [0.29, 0.717) is 11.6 Å². The third-order valence-corrected chi connectivity index (χ3v) is 3.90. The van der Waals surface area contributed by atoms with E-state index in [9.17, 15) is 4.79 Å². The number of nitrogens with one attached hydrogen (secondary N) is 1. The minimum atomic E-state index is -0.205. The molecule has 0 heterocycles. The number of halogens is 3. The van der Waals surface area contributed by atoms with Crippen LogP contribution in [0.5, 0.6) is 0 Å². The number of likely N-dealkylation sites (N-methyl/N-ethyl adjacent to an activating group) is 1. The maximum Gasteiger partial charge on any atom is 0.224 e. The Morgan fingerprint density at radius 2 is 1.82 bits per heavy atom. The van der Waals surface area contributed by atoms with Crippen molar-refractivity contribution in [1.82, 2.24) is 10.2 Å². The Hall–Kier alpha value is -0.520. The Labute approximate surface area is 150 Å². The van der Waals surface area contributed by atoms with Gasteiger partial charge in [0.05, 0.1) is 6.04 Å². The van der Waals surface area contributed by atoms with Gasteiger partial charge in [0.1, 0.15) is 0 Å². The molecule has 0 fully saturated rings. The monoisotopic (exact) mass is 369 g/mol. The first-order valence-corrected chi connectivity index (χ1v) is 7.16. The van der Waals surface area contributed by atoms with Gasteiger partial charge >= 0.3 is 0 Å². The largest absolute Gasteiger partial charge is 0.354 e. The molecule has 0 bridgehead atoms. The number of amides is 1. The Bertz CT molecular complexity index is 455. The maximum atomic E-state index is 12.0. The van der Waals surface area contributed by atoms with Crippen LogP contribution in [0.25, 0.3) is 0 Å². The molecule has 1 rings (SSSR count). The van der Waals surface area contributed by atoms with Crippen LogP contribution in [0.4, 0.5) is 0 Å².